The van der Waals surface area contributed by atoms with E-state index in [0.29, 0.717) is 19.6 Å². The summed E-state index contributed by atoms with van der Waals surface area (Å²) in [5.74, 6) is -0.524. The van der Waals surface area contributed by atoms with E-state index in [2.05, 4.69) is 10.2 Å². The minimum atomic E-state index is -0.629. The molecule has 3 atom stereocenters. The lowest BCUT2D eigenvalue weighted by Crippen LogP contribution is -2.51. The average Bonchev–Trinajstić information content (AvgIpc) is 3.19. The fourth-order valence-corrected chi connectivity index (χ4v) is 5.50. The maximum absolute atomic E-state index is 13.9. The number of hydrogen-bond donors (Lipinski definition) is 1. The van der Waals surface area contributed by atoms with E-state index >= 15 is 0 Å². The lowest BCUT2D eigenvalue weighted by atomic mass is 9.82. The van der Waals surface area contributed by atoms with Gasteiger partial charge in [0.1, 0.15) is 17.3 Å². The average molecular weight is 466 g/mol. The highest BCUT2D eigenvalue weighted by molar-refractivity contribution is 5.96. The summed E-state index contributed by atoms with van der Waals surface area (Å²) in [7, 11) is 1.26. The lowest BCUT2D eigenvalue weighted by molar-refractivity contribution is -0.139. The summed E-state index contributed by atoms with van der Waals surface area (Å²) in [4.78, 5) is 52.8. The van der Waals surface area contributed by atoms with Gasteiger partial charge >= 0.3 is 5.97 Å². The number of likely N-dealkylation sites (tertiary alicyclic amines) is 1. The molecule has 0 radical (unpaired) electrons. The number of aromatic amines is 1. The molecule has 1 saturated heterocycles. The van der Waals surface area contributed by atoms with Gasteiger partial charge < -0.3 is 18.8 Å². The molecule has 4 aliphatic rings. The van der Waals surface area contributed by atoms with Gasteiger partial charge in [-0.1, -0.05) is 19.9 Å². The van der Waals surface area contributed by atoms with Crippen LogP contribution in [-0.4, -0.2) is 56.3 Å². The van der Waals surface area contributed by atoms with Gasteiger partial charge in [-0.2, -0.15) is 5.10 Å². The van der Waals surface area contributed by atoms with E-state index in [4.69, 9.17) is 4.74 Å². The molecule has 1 fully saturated rings. The number of carbonyl (C=O) groups excluding carboxylic acids is 2. The molecule has 2 bridgehead atoms. The first-order chi connectivity index (χ1) is 16.3. The normalized spacial score (nSPS) is 20.3. The summed E-state index contributed by atoms with van der Waals surface area (Å²) in [5, 5.41) is 6.33. The monoisotopic (exact) mass is 465 g/mol. The van der Waals surface area contributed by atoms with Gasteiger partial charge in [-0.15, -0.1) is 0 Å². The molecule has 1 N–H and O–H groups in total. The fraction of sp³-hybridized carbons (Fsp3) is 0.458. The molecule has 0 aromatic carbocycles. The van der Waals surface area contributed by atoms with E-state index < -0.39 is 17.6 Å². The Kier molecular flexibility index (Phi) is 5.38. The van der Waals surface area contributed by atoms with Gasteiger partial charge in [0.05, 0.1) is 12.7 Å². The Morgan fingerprint density at radius 3 is 2.68 bits per heavy atom. The molecule has 0 aliphatic carbocycles. The van der Waals surface area contributed by atoms with Crippen molar-refractivity contribution in [2.24, 2.45) is 11.8 Å². The molecule has 4 aliphatic heterocycles. The first kappa shape index (κ1) is 22.1. The molecule has 34 heavy (non-hydrogen) atoms. The van der Waals surface area contributed by atoms with Crippen molar-refractivity contribution in [3.05, 3.63) is 62.6 Å². The second-order valence-corrected chi connectivity index (χ2v) is 9.56. The molecular formula is C24H27N5O5. The largest absolute Gasteiger partial charge is 0.465 e. The minimum Gasteiger partial charge on any atom is -0.465 e. The van der Waals surface area contributed by atoms with Gasteiger partial charge in [-0.3, -0.25) is 14.4 Å². The van der Waals surface area contributed by atoms with Crippen LogP contribution in [-0.2, 0) is 16.1 Å². The van der Waals surface area contributed by atoms with Crippen molar-refractivity contribution in [1.82, 2.24) is 24.2 Å². The van der Waals surface area contributed by atoms with Crippen LogP contribution in [0.2, 0.25) is 0 Å². The number of hydrogen-bond acceptors (Lipinski definition) is 6. The number of rotatable bonds is 4. The number of fused-ring (bicyclic) bond motifs is 5. The number of pyridine rings is 2. The summed E-state index contributed by atoms with van der Waals surface area (Å²) in [5.41, 5.74) is 1.11. The summed E-state index contributed by atoms with van der Waals surface area (Å²) >= 11 is 0. The summed E-state index contributed by atoms with van der Waals surface area (Å²) in [6.07, 6.45) is 4.06. The molecule has 1 aromatic rings. The number of H-pyrrole nitrogens is 1. The molecule has 0 spiro atoms. The number of carbonyl (C=O) groups is 2. The second kappa shape index (κ2) is 8.27. The van der Waals surface area contributed by atoms with Gasteiger partial charge in [0, 0.05) is 49.7 Å². The van der Waals surface area contributed by atoms with Crippen LogP contribution in [0.15, 0.2) is 40.2 Å². The van der Waals surface area contributed by atoms with Gasteiger partial charge in [0.2, 0.25) is 5.91 Å². The SMILES string of the molecule is COC(=O)c1cn([C@H](C(=O)N2CC3CC(C2)c2cccc(=O)n2C3)C(C)C)cc2c(=O)[nH]nc1-2. The number of piperidine rings is 1. The van der Waals surface area contributed by atoms with Gasteiger partial charge in [-0.25, -0.2) is 9.89 Å². The number of amides is 1. The highest BCUT2D eigenvalue weighted by atomic mass is 16.5. The zero-order valence-corrected chi connectivity index (χ0v) is 19.4. The molecular weight excluding hydrogens is 438 g/mol. The van der Waals surface area contributed by atoms with Crippen molar-refractivity contribution in [2.45, 2.75) is 38.8 Å². The first-order valence-corrected chi connectivity index (χ1v) is 11.4. The van der Waals surface area contributed by atoms with Gasteiger partial charge in [0.25, 0.3) is 11.1 Å². The minimum absolute atomic E-state index is 0.000222. The number of ether oxygens (including phenoxy) is 1. The van der Waals surface area contributed by atoms with Crippen LogP contribution < -0.4 is 11.1 Å². The second-order valence-electron chi connectivity index (χ2n) is 9.56. The zero-order valence-electron chi connectivity index (χ0n) is 19.4. The molecule has 5 heterocycles. The van der Waals surface area contributed by atoms with Crippen molar-refractivity contribution >= 4 is 11.9 Å². The topological polar surface area (TPSA) is 119 Å². The smallest absolute Gasteiger partial charge is 0.341 e. The highest BCUT2D eigenvalue weighted by Crippen LogP contribution is 2.37. The third-order valence-electron chi connectivity index (χ3n) is 6.98. The van der Waals surface area contributed by atoms with E-state index in [1.54, 1.807) is 22.9 Å². The van der Waals surface area contributed by atoms with Crippen LogP contribution in [0.4, 0.5) is 0 Å². The van der Waals surface area contributed by atoms with E-state index in [9.17, 15) is 19.2 Å². The molecule has 1 amide bonds. The maximum Gasteiger partial charge on any atom is 0.341 e. The van der Waals surface area contributed by atoms with Crippen LogP contribution in [0.5, 0.6) is 0 Å². The van der Waals surface area contributed by atoms with E-state index in [0.717, 1.165) is 12.1 Å². The maximum atomic E-state index is 13.9. The van der Waals surface area contributed by atoms with Crippen molar-refractivity contribution in [1.29, 1.82) is 0 Å². The number of methoxy groups -OCH3 is 1. The predicted octanol–water partition coefficient (Wildman–Crippen LogP) is 1.47. The van der Waals surface area contributed by atoms with Crippen LogP contribution in [0, 0.1) is 11.8 Å². The molecule has 1 aromatic heterocycles. The van der Waals surface area contributed by atoms with Crippen LogP contribution in [0.1, 0.15) is 48.3 Å². The van der Waals surface area contributed by atoms with Crippen molar-refractivity contribution < 1.29 is 14.3 Å². The lowest BCUT2D eigenvalue weighted by Gasteiger charge is -2.44. The Bertz CT molecular complexity index is 1350. The Hall–Kier alpha value is -3.69. The quantitative estimate of drug-likeness (QED) is 0.583. The zero-order chi connectivity index (χ0) is 24.1. The van der Waals surface area contributed by atoms with Crippen LogP contribution in [0.3, 0.4) is 0 Å². The first-order valence-electron chi connectivity index (χ1n) is 11.4. The Labute approximate surface area is 195 Å². The number of nitrogens with one attached hydrogen (secondary N) is 1. The number of aromatic nitrogens is 4. The van der Waals surface area contributed by atoms with E-state index in [1.165, 1.54) is 13.3 Å². The van der Waals surface area contributed by atoms with Crippen molar-refractivity contribution in [3.63, 3.8) is 0 Å². The predicted molar refractivity (Wildman–Crippen MR) is 123 cm³/mol. The summed E-state index contributed by atoms with van der Waals surface area (Å²) in [6.45, 7) is 5.55. The highest BCUT2D eigenvalue weighted by Gasteiger charge is 2.39. The summed E-state index contributed by atoms with van der Waals surface area (Å²) in [6, 6.07) is 4.69. The van der Waals surface area contributed by atoms with Gasteiger partial charge in [-0.05, 0) is 24.3 Å². The molecule has 10 heteroatoms. The molecule has 0 saturated carbocycles. The molecule has 10 nitrogen and oxygen atoms in total. The third kappa shape index (κ3) is 3.53. The summed E-state index contributed by atoms with van der Waals surface area (Å²) < 4.78 is 8.36. The van der Waals surface area contributed by atoms with Crippen LogP contribution >= 0.6 is 0 Å². The Morgan fingerprint density at radius 1 is 1.15 bits per heavy atom. The molecule has 178 valence electrons. The molecule has 5 rings (SSSR count). The molecule has 2 unspecified atom stereocenters. The number of esters is 1. The van der Waals surface area contributed by atoms with Crippen molar-refractivity contribution in [2.75, 3.05) is 20.2 Å². The standard InChI is InChI=1S/C24H27N5O5/c1-13(2)21(27-11-16-20(25-26-22(16)31)17(12-27)24(33)34-3)23(32)28-8-14-7-15(10-28)18-5-4-6-19(30)29(18)9-14/h4-6,11-15,21H,7-10H2,1-3H3,(H,26,31)/t14?,15?,21-/m0/s1. The fourth-order valence-electron chi connectivity index (χ4n) is 5.50. The van der Waals surface area contributed by atoms with Gasteiger partial charge in [0.15, 0.2) is 0 Å². The third-order valence-corrected chi connectivity index (χ3v) is 6.98. The van der Waals surface area contributed by atoms with Crippen LogP contribution in [0.25, 0.3) is 11.3 Å². The Morgan fingerprint density at radius 2 is 1.94 bits per heavy atom. The number of nitrogens with zero attached hydrogens (tertiary/aromatic N) is 4. The van der Waals surface area contributed by atoms with E-state index in [1.807, 2.05) is 29.4 Å². The van der Waals surface area contributed by atoms with E-state index in [-0.39, 0.29) is 46.0 Å². The Balaban J connectivity index is 1.52. The van der Waals surface area contributed by atoms with Crippen molar-refractivity contribution in [3.8, 4) is 11.3 Å².